The highest BCUT2D eigenvalue weighted by molar-refractivity contribution is 5.90. The Labute approximate surface area is 135 Å². The summed E-state index contributed by atoms with van der Waals surface area (Å²) >= 11 is 0. The first-order valence-electron chi connectivity index (χ1n) is 8.02. The van der Waals surface area contributed by atoms with Crippen LogP contribution >= 0.6 is 0 Å². The van der Waals surface area contributed by atoms with Gasteiger partial charge in [0, 0.05) is 29.7 Å². The highest BCUT2D eigenvalue weighted by atomic mass is 16.4. The molecule has 23 heavy (non-hydrogen) atoms. The van der Waals surface area contributed by atoms with Crippen molar-refractivity contribution in [1.29, 1.82) is 0 Å². The van der Waals surface area contributed by atoms with Crippen molar-refractivity contribution in [2.45, 2.75) is 26.7 Å². The number of benzene rings is 1. The van der Waals surface area contributed by atoms with Crippen LogP contribution in [0.15, 0.2) is 24.3 Å². The van der Waals surface area contributed by atoms with Crippen molar-refractivity contribution in [3.8, 4) is 0 Å². The fraction of sp³-hybridized carbons (Fsp3) is 0.444. The van der Waals surface area contributed by atoms with Crippen LogP contribution in [0.4, 0.5) is 0 Å². The van der Waals surface area contributed by atoms with Crippen molar-refractivity contribution in [1.82, 2.24) is 9.88 Å². The summed E-state index contributed by atoms with van der Waals surface area (Å²) in [6.07, 6.45) is 0.958. The zero-order valence-electron chi connectivity index (χ0n) is 13.5. The minimum Gasteiger partial charge on any atom is -0.481 e. The van der Waals surface area contributed by atoms with Gasteiger partial charge in [0.15, 0.2) is 0 Å². The Balaban J connectivity index is 1.80. The molecule has 2 unspecified atom stereocenters. The predicted octanol–water partition coefficient (Wildman–Crippen LogP) is 2.59. The number of hydrogen-bond acceptors (Lipinski definition) is 2. The molecule has 1 aliphatic heterocycles. The maximum absolute atomic E-state index is 12.7. The van der Waals surface area contributed by atoms with Crippen LogP contribution in [0, 0.1) is 18.8 Å². The summed E-state index contributed by atoms with van der Waals surface area (Å²) in [6.45, 7) is 4.94. The molecule has 122 valence electrons. The highest BCUT2D eigenvalue weighted by Gasteiger charge is 2.32. The number of amides is 1. The molecule has 5 nitrogen and oxygen atoms in total. The maximum Gasteiger partial charge on any atom is 0.308 e. The molecule has 0 spiro atoms. The maximum atomic E-state index is 12.7. The summed E-state index contributed by atoms with van der Waals surface area (Å²) in [6, 6.07) is 7.95. The van der Waals surface area contributed by atoms with Crippen LogP contribution < -0.4 is 0 Å². The van der Waals surface area contributed by atoms with Gasteiger partial charge in [-0.1, -0.05) is 25.1 Å². The van der Waals surface area contributed by atoms with E-state index in [1.54, 1.807) is 4.90 Å². The highest BCUT2D eigenvalue weighted by Crippen LogP contribution is 2.25. The van der Waals surface area contributed by atoms with Crippen LogP contribution in [0.25, 0.3) is 10.9 Å². The number of para-hydroxylation sites is 1. The second kappa shape index (κ2) is 6.07. The molecule has 1 aromatic carbocycles. The lowest BCUT2D eigenvalue weighted by Gasteiger charge is -2.34. The summed E-state index contributed by atoms with van der Waals surface area (Å²) in [4.78, 5) is 29.0. The SMILES string of the molecule is Cc1[nH]c2ccccc2c1CC(=O)N1CC(C)CC(C(=O)O)C1. The largest absolute Gasteiger partial charge is 0.481 e. The molecule has 1 saturated heterocycles. The zero-order valence-corrected chi connectivity index (χ0v) is 13.5. The normalized spacial score (nSPS) is 21.6. The fourth-order valence-corrected chi connectivity index (χ4v) is 3.56. The first-order valence-corrected chi connectivity index (χ1v) is 8.02. The summed E-state index contributed by atoms with van der Waals surface area (Å²) in [7, 11) is 0. The number of H-pyrrole nitrogens is 1. The number of carbonyl (C=O) groups is 2. The molecule has 2 heterocycles. The van der Waals surface area contributed by atoms with E-state index in [4.69, 9.17) is 0 Å². The number of nitrogens with zero attached hydrogens (tertiary/aromatic N) is 1. The Morgan fingerprint density at radius 2 is 2.04 bits per heavy atom. The Hall–Kier alpha value is -2.30. The number of hydrogen-bond donors (Lipinski definition) is 2. The van der Waals surface area contributed by atoms with E-state index < -0.39 is 11.9 Å². The molecule has 2 atom stereocenters. The first kappa shape index (κ1) is 15.6. The molecule has 2 aromatic rings. The van der Waals surface area contributed by atoms with Gasteiger partial charge in [0.1, 0.15) is 0 Å². The quantitative estimate of drug-likeness (QED) is 0.914. The average Bonchev–Trinajstić information content (AvgIpc) is 2.82. The first-order chi connectivity index (χ1) is 11.0. The molecule has 1 aliphatic rings. The van der Waals surface area contributed by atoms with E-state index in [9.17, 15) is 14.7 Å². The molecular weight excluding hydrogens is 292 g/mol. The molecule has 2 N–H and O–H groups in total. The van der Waals surface area contributed by atoms with Gasteiger partial charge in [0.2, 0.25) is 5.91 Å². The van der Waals surface area contributed by atoms with E-state index in [2.05, 4.69) is 4.98 Å². The molecular formula is C18H22N2O3. The number of carboxylic acids is 1. The van der Waals surface area contributed by atoms with Crippen molar-refractivity contribution < 1.29 is 14.7 Å². The lowest BCUT2D eigenvalue weighted by molar-refractivity contribution is -0.146. The number of aryl methyl sites for hydroxylation is 1. The summed E-state index contributed by atoms with van der Waals surface area (Å²) < 4.78 is 0. The van der Waals surface area contributed by atoms with Crippen molar-refractivity contribution in [2.75, 3.05) is 13.1 Å². The number of fused-ring (bicyclic) bond motifs is 1. The van der Waals surface area contributed by atoms with Crippen LogP contribution in [0.2, 0.25) is 0 Å². The summed E-state index contributed by atoms with van der Waals surface area (Å²) in [5.41, 5.74) is 3.04. The van der Waals surface area contributed by atoms with Gasteiger partial charge in [-0.15, -0.1) is 0 Å². The van der Waals surface area contributed by atoms with E-state index in [1.807, 2.05) is 38.1 Å². The van der Waals surface area contributed by atoms with E-state index in [-0.39, 0.29) is 11.8 Å². The van der Waals surface area contributed by atoms with Crippen LogP contribution in [-0.4, -0.2) is 40.0 Å². The Kier molecular flexibility index (Phi) is 4.11. The van der Waals surface area contributed by atoms with Crippen molar-refractivity contribution in [3.63, 3.8) is 0 Å². The molecule has 0 bridgehead atoms. The predicted molar refractivity (Wildman–Crippen MR) is 88.2 cm³/mol. The Morgan fingerprint density at radius 1 is 1.30 bits per heavy atom. The van der Waals surface area contributed by atoms with Gasteiger partial charge in [-0.2, -0.15) is 0 Å². The van der Waals surface area contributed by atoms with Crippen molar-refractivity contribution >= 4 is 22.8 Å². The molecule has 0 saturated carbocycles. The lowest BCUT2D eigenvalue weighted by Crippen LogP contribution is -2.46. The molecule has 0 radical (unpaired) electrons. The number of carboxylic acid groups (broad SMARTS) is 1. The van der Waals surface area contributed by atoms with Gasteiger partial charge < -0.3 is 15.0 Å². The Bertz CT molecular complexity index is 750. The lowest BCUT2D eigenvalue weighted by atomic mass is 9.90. The van der Waals surface area contributed by atoms with Crippen LogP contribution in [0.5, 0.6) is 0 Å². The monoisotopic (exact) mass is 314 g/mol. The number of carbonyl (C=O) groups excluding carboxylic acids is 1. The van der Waals surface area contributed by atoms with Gasteiger partial charge in [0.05, 0.1) is 12.3 Å². The van der Waals surface area contributed by atoms with Gasteiger partial charge >= 0.3 is 5.97 Å². The van der Waals surface area contributed by atoms with Crippen molar-refractivity contribution in [3.05, 3.63) is 35.5 Å². The molecule has 1 fully saturated rings. The second-order valence-corrected chi connectivity index (χ2v) is 6.63. The van der Waals surface area contributed by atoms with E-state index in [1.165, 1.54) is 0 Å². The number of aromatic amines is 1. The van der Waals surface area contributed by atoms with E-state index in [0.717, 1.165) is 22.2 Å². The number of piperidine rings is 1. The number of nitrogens with one attached hydrogen (secondary N) is 1. The smallest absolute Gasteiger partial charge is 0.308 e. The number of aliphatic carboxylic acids is 1. The summed E-state index contributed by atoms with van der Waals surface area (Å²) in [5, 5.41) is 10.3. The summed E-state index contributed by atoms with van der Waals surface area (Å²) in [5.74, 6) is -1.03. The van der Waals surface area contributed by atoms with E-state index in [0.29, 0.717) is 25.9 Å². The number of likely N-dealkylation sites (tertiary alicyclic amines) is 1. The third kappa shape index (κ3) is 3.09. The van der Waals surface area contributed by atoms with E-state index >= 15 is 0 Å². The number of rotatable bonds is 3. The fourth-order valence-electron chi connectivity index (χ4n) is 3.56. The molecule has 3 rings (SSSR count). The number of aromatic nitrogens is 1. The van der Waals surface area contributed by atoms with Gasteiger partial charge in [-0.3, -0.25) is 9.59 Å². The van der Waals surface area contributed by atoms with Gasteiger partial charge in [0.25, 0.3) is 0 Å². The third-order valence-corrected chi connectivity index (χ3v) is 4.72. The molecule has 0 aliphatic carbocycles. The van der Waals surface area contributed by atoms with Crippen molar-refractivity contribution in [2.24, 2.45) is 11.8 Å². The van der Waals surface area contributed by atoms with Crippen LogP contribution in [-0.2, 0) is 16.0 Å². The minimum atomic E-state index is -0.808. The minimum absolute atomic E-state index is 0.00986. The standard InChI is InChI=1S/C18H22N2O3/c1-11-7-13(18(22)23)10-20(9-11)17(21)8-15-12(2)19-16-6-4-3-5-14(15)16/h3-6,11,13,19H,7-10H2,1-2H3,(H,22,23). The molecule has 5 heteroatoms. The molecule has 1 aromatic heterocycles. The van der Waals surface area contributed by atoms with Gasteiger partial charge in [-0.05, 0) is 30.9 Å². The van der Waals surface area contributed by atoms with Gasteiger partial charge in [-0.25, -0.2) is 0 Å². The Morgan fingerprint density at radius 3 is 2.78 bits per heavy atom. The second-order valence-electron chi connectivity index (χ2n) is 6.63. The van der Waals surface area contributed by atoms with Crippen LogP contribution in [0.3, 0.4) is 0 Å². The zero-order chi connectivity index (χ0) is 16.6. The molecule has 1 amide bonds. The van der Waals surface area contributed by atoms with Crippen LogP contribution in [0.1, 0.15) is 24.6 Å². The topological polar surface area (TPSA) is 73.4 Å². The third-order valence-electron chi connectivity index (χ3n) is 4.72. The average molecular weight is 314 g/mol.